The molecule has 3 heterocycles. The van der Waals surface area contributed by atoms with E-state index in [4.69, 9.17) is 4.74 Å². The van der Waals surface area contributed by atoms with Crippen molar-refractivity contribution in [2.45, 2.75) is 11.4 Å². The Morgan fingerprint density at radius 2 is 2.00 bits per heavy atom. The lowest BCUT2D eigenvalue weighted by atomic mass is 10.1. The monoisotopic (exact) mass is 436 g/mol. The zero-order valence-electron chi connectivity index (χ0n) is 16.4. The minimum Gasteiger partial charge on any atom is -0.497 e. The molecule has 1 fully saturated rings. The van der Waals surface area contributed by atoms with E-state index in [9.17, 15) is 9.59 Å². The molecule has 1 spiro atoms. The van der Waals surface area contributed by atoms with Gasteiger partial charge < -0.3 is 14.5 Å². The SMILES string of the molecule is COc1cccc(CN2C(=O)[C@@]3(SCCN3C(=O)c3cccs3)c3ccccc32)c1. The summed E-state index contributed by atoms with van der Waals surface area (Å²) in [5, 5.41) is 1.89. The van der Waals surface area contributed by atoms with Crippen LogP contribution in [0.4, 0.5) is 5.69 Å². The molecule has 0 aliphatic carbocycles. The smallest absolute Gasteiger partial charge is 0.268 e. The Morgan fingerprint density at radius 1 is 1.13 bits per heavy atom. The Bertz CT molecular complexity index is 1120. The number of nitrogens with zero attached hydrogens (tertiary/aromatic N) is 2. The second-order valence-corrected chi connectivity index (χ2v) is 9.42. The van der Waals surface area contributed by atoms with Crippen LogP contribution in [0.5, 0.6) is 5.75 Å². The average molecular weight is 437 g/mol. The molecule has 0 radical (unpaired) electrons. The highest BCUT2D eigenvalue weighted by Gasteiger charge is 2.59. The molecule has 7 heteroatoms. The first-order chi connectivity index (χ1) is 14.6. The topological polar surface area (TPSA) is 49.9 Å². The number of ether oxygens (including phenoxy) is 1. The second-order valence-electron chi connectivity index (χ2n) is 7.19. The van der Waals surface area contributed by atoms with Crippen molar-refractivity contribution in [2.24, 2.45) is 0 Å². The van der Waals surface area contributed by atoms with Crippen molar-refractivity contribution in [3.63, 3.8) is 0 Å². The maximum Gasteiger partial charge on any atom is 0.268 e. The van der Waals surface area contributed by atoms with Gasteiger partial charge in [-0.2, -0.15) is 0 Å². The van der Waals surface area contributed by atoms with Crippen molar-refractivity contribution in [2.75, 3.05) is 24.3 Å². The number of benzene rings is 2. The number of thiophene rings is 1. The van der Waals surface area contributed by atoms with Crippen molar-refractivity contribution in [3.05, 3.63) is 82.0 Å². The first-order valence-corrected chi connectivity index (χ1v) is 11.6. The van der Waals surface area contributed by atoms with Crippen LogP contribution in [0.2, 0.25) is 0 Å². The minimum atomic E-state index is -1.00. The molecule has 5 rings (SSSR count). The first kappa shape index (κ1) is 19.2. The molecule has 0 saturated carbocycles. The number of hydrogen-bond donors (Lipinski definition) is 0. The van der Waals surface area contributed by atoms with E-state index < -0.39 is 4.87 Å². The van der Waals surface area contributed by atoms with Crippen molar-refractivity contribution in [3.8, 4) is 5.75 Å². The summed E-state index contributed by atoms with van der Waals surface area (Å²) in [6.07, 6.45) is 0. The standard InChI is InChI=1S/C23H20N2O3S2/c1-28-17-7-4-6-16(14-17)15-24-19-9-3-2-8-18(19)23(22(24)27)25(11-13-30-23)21(26)20-10-5-12-29-20/h2-10,12,14H,11,13,15H2,1H3/t23-/m0/s1. The third kappa shape index (κ3) is 2.84. The van der Waals surface area contributed by atoms with E-state index in [0.29, 0.717) is 18.0 Å². The number of fused-ring (bicyclic) bond motifs is 2. The van der Waals surface area contributed by atoms with Crippen LogP contribution in [0.3, 0.4) is 0 Å². The Kier molecular flexibility index (Phi) is 4.79. The number of anilines is 1. The minimum absolute atomic E-state index is 0.0565. The molecule has 1 aromatic heterocycles. The molecule has 152 valence electrons. The number of thioether (sulfide) groups is 1. The number of amides is 2. The fourth-order valence-electron chi connectivity index (χ4n) is 4.21. The highest BCUT2D eigenvalue weighted by atomic mass is 32.2. The fraction of sp³-hybridized carbons (Fsp3) is 0.217. The second kappa shape index (κ2) is 7.49. The largest absolute Gasteiger partial charge is 0.497 e. The lowest BCUT2D eigenvalue weighted by Gasteiger charge is -2.33. The molecule has 3 aromatic rings. The quantitative estimate of drug-likeness (QED) is 0.610. The van der Waals surface area contributed by atoms with Crippen LogP contribution >= 0.6 is 23.1 Å². The summed E-state index contributed by atoms with van der Waals surface area (Å²) in [6, 6.07) is 19.3. The summed E-state index contributed by atoms with van der Waals surface area (Å²) in [6.45, 7) is 0.977. The molecule has 5 nitrogen and oxygen atoms in total. The molecule has 0 bridgehead atoms. The van der Waals surface area contributed by atoms with E-state index in [0.717, 1.165) is 28.3 Å². The number of hydrogen-bond acceptors (Lipinski definition) is 5. The molecule has 0 N–H and O–H groups in total. The molecule has 30 heavy (non-hydrogen) atoms. The van der Waals surface area contributed by atoms with Crippen LogP contribution in [0.1, 0.15) is 20.8 Å². The van der Waals surface area contributed by atoms with E-state index in [1.165, 1.54) is 11.3 Å². The molecule has 1 atom stereocenters. The number of carbonyl (C=O) groups is 2. The molecule has 0 unspecified atom stereocenters. The molecule has 2 aliphatic rings. The highest BCUT2D eigenvalue weighted by molar-refractivity contribution is 8.01. The Hall–Kier alpha value is -2.77. The van der Waals surface area contributed by atoms with Crippen LogP contribution in [0.15, 0.2) is 66.0 Å². The molecule has 2 aromatic carbocycles. The summed E-state index contributed by atoms with van der Waals surface area (Å²) in [5.41, 5.74) is 2.74. The van der Waals surface area contributed by atoms with Gasteiger partial charge in [-0.15, -0.1) is 23.1 Å². The lowest BCUT2D eigenvalue weighted by molar-refractivity contribution is -0.123. The van der Waals surface area contributed by atoms with Gasteiger partial charge in [0.15, 0.2) is 4.87 Å². The molecule has 1 saturated heterocycles. The Morgan fingerprint density at radius 3 is 2.80 bits per heavy atom. The van der Waals surface area contributed by atoms with Gasteiger partial charge in [0.25, 0.3) is 11.8 Å². The van der Waals surface area contributed by atoms with Crippen molar-refractivity contribution in [1.82, 2.24) is 4.90 Å². The Labute approximate surface area is 183 Å². The van der Waals surface area contributed by atoms with Gasteiger partial charge in [0.2, 0.25) is 0 Å². The third-order valence-electron chi connectivity index (χ3n) is 5.55. The first-order valence-electron chi connectivity index (χ1n) is 9.69. The van der Waals surface area contributed by atoms with Gasteiger partial charge in [-0.05, 0) is 35.2 Å². The zero-order chi connectivity index (χ0) is 20.7. The molecule has 2 amide bonds. The summed E-state index contributed by atoms with van der Waals surface area (Å²) >= 11 is 2.96. The van der Waals surface area contributed by atoms with Crippen LogP contribution in [-0.2, 0) is 16.2 Å². The number of rotatable bonds is 4. The van der Waals surface area contributed by atoms with Gasteiger partial charge in [-0.3, -0.25) is 9.59 Å². The third-order valence-corrected chi connectivity index (χ3v) is 7.83. The number of carbonyl (C=O) groups excluding carboxylic acids is 2. The van der Waals surface area contributed by atoms with Gasteiger partial charge >= 0.3 is 0 Å². The van der Waals surface area contributed by atoms with E-state index >= 15 is 0 Å². The van der Waals surface area contributed by atoms with Gasteiger partial charge in [0, 0.05) is 17.9 Å². The van der Waals surface area contributed by atoms with Crippen LogP contribution < -0.4 is 9.64 Å². The molecule has 2 aliphatic heterocycles. The van der Waals surface area contributed by atoms with Crippen molar-refractivity contribution < 1.29 is 14.3 Å². The predicted octanol–water partition coefficient (Wildman–Crippen LogP) is 4.35. The summed E-state index contributed by atoms with van der Waals surface area (Å²) in [4.78, 5) is 30.4. The summed E-state index contributed by atoms with van der Waals surface area (Å²) in [5.74, 6) is 1.34. The average Bonchev–Trinajstić information content (AvgIpc) is 3.51. The van der Waals surface area contributed by atoms with Gasteiger partial charge in [-0.25, -0.2) is 0 Å². The van der Waals surface area contributed by atoms with Crippen molar-refractivity contribution >= 4 is 40.6 Å². The van der Waals surface area contributed by atoms with Crippen LogP contribution in [0, 0.1) is 0 Å². The summed E-state index contributed by atoms with van der Waals surface area (Å²) in [7, 11) is 1.63. The number of para-hydroxylation sites is 1. The maximum absolute atomic E-state index is 13.9. The van der Waals surface area contributed by atoms with Gasteiger partial charge in [0.05, 0.1) is 24.2 Å². The molecular weight excluding hydrogens is 416 g/mol. The van der Waals surface area contributed by atoms with Crippen LogP contribution in [-0.4, -0.2) is 36.1 Å². The van der Waals surface area contributed by atoms with Gasteiger partial charge in [0.1, 0.15) is 5.75 Å². The van der Waals surface area contributed by atoms with Gasteiger partial charge in [-0.1, -0.05) is 36.4 Å². The maximum atomic E-state index is 13.9. The van der Waals surface area contributed by atoms with E-state index in [-0.39, 0.29) is 11.8 Å². The molecular formula is C23H20N2O3S2. The van der Waals surface area contributed by atoms with Crippen molar-refractivity contribution in [1.29, 1.82) is 0 Å². The van der Waals surface area contributed by atoms with E-state index in [1.807, 2.05) is 66.0 Å². The van der Waals surface area contributed by atoms with E-state index in [1.54, 1.807) is 28.7 Å². The highest BCUT2D eigenvalue weighted by Crippen LogP contribution is 2.54. The predicted molar refractivity (Wildman–Crippen MR) is 120 cm³/mol. The number of methoxy groups -OCH3 is 1. The lowest BCUT2D eigenvalue weighted by Crippen LogP contribution is -2.50. The Balaban J connectivity index is 1.57. The summed E-state index contributed by atoms with van der Waals surface area (Å²) < 4.78 is 5.34. The fourth-order valence-corrected chi connectivity index (χ4v) is 6.34. The zero-order valence-corrected chi connectivity index (χ0v) is 18.0. The van der Waals surface area contributed by atoms with Crippen LogP contribution in [0.25, 0.3) is 0 Å². The van der Waals surface area contributed by atoms with E-state index in [2.05, 4.69) is 0 Å². The normalized spacial score (nSPS) is 20.1.